The number of nitrogens with zero attached hydrogens (tertiary/aromatic N) is 2. The van der Waals surface area contributed by atoms with Crippen LogP contribution in [-0.4, -0.2) is 52.1 Å². The molecule has 0 unspecified atom stereocenters. The van der Waals surface area contributed by atoms with Crippen molar-refractivity contribution in [2.45, 2.75) is 24.7 Å². The Balaban J connectivity index is 1.39. The minimum absolute atomic E-state index is 0.0250. The predicted octanol–water partition coefficient (Wildman–Crippen LogP) is 4.14. The highest BCUT2D eigenvalue weighted by molar-refractivity contribution is 7.93. The molecule has 3 aromatic rings. The molecular formula is C27H28N2O4S. The van der Waals surface area contributed by atoms with Crippen LogP contribution in [0.25, 0.3) is 11.1 Å². The molecule has 0 N–H and O–H groups in total. The maximum atomic E-state index is 13.4. The summed E-state index contributed by atoms with van der Waals surface area (Å²) >= 11 is 0. The Morgan fingerprint density at radius 3 is 2.35 bits per heavy atom. The monoisotopic (exact) mass is 476 g/mol. The van der Waals surface area contributed by atoms with Crippen molar-refractivity contribution in [3.63, 3.8) is 0 Å². The first-order valence-corrected chi connectivity index (χ1v) is 13.1. The van der Waals surface area contributed by atoms with Crippen molar-refractivity contribution in [3.05, 3.63) is 83.4 Å². The second kappa shape index (κ2) is 9.24. The fourth-order valence-corrected chi connectivity index (χ4v) is 6.52. The number of hydrogen-bond donors (Lipinski definition) is 0. The summed E-state index contributed by atoms with van der Waals surface area (Å²) < 4.78 is 33.8. The molecule has 2 aliphatic heterocycles. The molecule has 0 atom stereocenters. The molecule has 34 heavy (non-hydrogen) atoms. The van der Waals surface area contributed by atoms with Crippen LogP contribution < -0.4 is 4.31 Å². The summed E-state index contributed by atoms with van der Waals surface area (Å²) in [5, 5.41) is 0. The van der Waals surface area contributed by atoms with Crippen molar-refractivity contribution in [1.29, 1.82) is 0 Å². The van der Waals surface area contributed by atoms with Crippen LogP contribution in [0.1, 0.15) is 28.4 Å². The molecule has 0 saturated carbocycles. The Bertz CT molecular complexity index is 1310. The molecule has 7 heteroatoms. The van der Waals surface area contributed by atoms with E-state index in [1.54, 1.807) is 12.1 Å². The van der Waals surface area contributed by atoms with E-state index in [-0.39, 0.29) is 5.91 Å². The Labute approximate surface area is 200 Å². The fourth-order valence-electron chi connectivity index (χ4n) is 4.72. The van der Waals surface area contributed by atoms with Gasteiger partial charge >= 0.3 is 0 Å². The van der Waals surface area contributed by atoms with Crippen LogP contribution >= 0.6 is 0 Å². The number of aryl methyl sites for hydroxylation is 1. The zero-order valence-corrected chi connectivity index (χ0v) is 20.1. The standard InChI is InChI=1S/C27H28N2O4S/c1-2-20-5-3-4-6-26(20)34(31,32)29-14-13-24-19-23(11-12-25(24)29)21-7-9-22(10-8-21)27(30)28-15-17-33-18-16-28/h3-12,19H,2,13-18H2,1H3. The van der Waals surface area contributed by atoms with E-state index in [9.17, 15) is 13.2 Å². The van der Waals surface area contributed by atoms with Gasteiger partial charge in [0.25, 0.3) is 15.9 Å². The van der Waals surface area contributed by atoms with Gasteiger partial charge in [-0.3, -0.25) is 9.10 Å². The second-order valence-corrected chi connectivity index (χ2v) is 10.4. The number of benzene rings is 3. The topological polar surface area (TPSA) is 66.9 Å². The average Bonchev–Trinajstić information content (AvgIpc) is 3.33. The van der Waals surface area contributed by atoms with Gasteiger partial charge in [0.15, 0.2) is 0 Å². The van der Waals surface area contributed by atoms with E-state index in [4.69, 9.17) is 4.74 Å². The van der Waals surface area contributed by atoms with Crippen LogP contribution in [0, 0.1) is 0 Å². The van der Waals surface area contributed by atoms with Crippen molar-refractivity contribution >= 4 is 21.6 Å². The van der Waals surface area contributed by atoms with E-state index in [0.717, 1.165) is 27.9 Å². The fraction of sp³-hybridized carbons (Fsp3) is 0.296. The van der Waals surface area contributed by atoms with Gasteiger partial charge in [-0.1, -0.05) is 43.3 Å². The molecule has 5 rings (SSSR count). The number of sulfonamides is 1. The largest absolute Gasteiger partial charge is 0.378 e. The summed E-state index contributed by atoms with van der Waals surface area (Å²) in [6.45, 7) is 4.80. The van der Waals surface area contributed by atoms with Crippen molar-refractivity contribution in [2.24, 2.45) is 0 Å². The predicted molar refractivity (Wildman–Crippen MR) is 133 cm³/mol. The highest BCUT2D eigenvalue weighted by Crippen LogP contribution is 2.36. The average molecular weight is 477 g/mol. The van der Waals surface area contributed by atoms with Crippen molar-refractivity contribution in [1.82, 2.24) is 4.90 Å². The number of carbonyl (C=O) groups excluding carboxylic acids is 1. The van der Waals surface area contributed by atoms with E-state index in [1.165, 1.54) is 4.31 Å². The normalized spacial score (nSPS) is 15.9. The molecule has 0 aromatic heterocycles. The smallest absolute Gasteiger partial charge is 0.264 e. The van der Waals surface area contributed by atoms with Gasteiger partial charge in [0.2, 0.25) is 0 Å². The number of hydrogen-bond acceptors (Lipinski definition) is 4. The summed E-state index contributed by atoms with van der Waals surface area (Å²) in [6.07, 6.45) is 1.34. The minimum atomic E-state index is -3.62. The van der Waals surface area contributed by atoms with E-state index in [1.807, 2.05) is 60.4 Å². The maximum absolute atomic E-state index is 13.4. The second-order valence-electron chi connectivity index (χ2n) is 8.61. The van der Waals surface area contributed by atoms with Crippen molar-refractivity contribution < 1.29 is 17.9 Å². The van der Waals surface area contributed by atoms with Crippen LogP contribution in [0.15, 0.2) is 71.6 Å². The van der Waals surface area contributed by atoms with Crippen LogP contribution in [0.3, 0.4) is 0 Å². The minimum Gasteiger partial charge on any atom is -0.378 e. The highest BCUT2D eigenvalue weighted by atomic mass is 32.2. The number of amides is 1. The third-order valence-electron chi connectivity index (χ3n) is 6.62. The highest BCUT2D eigenvalue weighted by Gasteiger charge is 2.32. The molecule has 3 aromatic carbocycles. The van der Waals surface area contributed by atoms with E-state index >= 15 is 0 Å². The lowest BCUT2D eigenvalue weighted by Crippen LogP contribution is -2.40. The number of ether oxygens (including phenoxy) is 1. The van der Waals surface area contributed by atoms with E-state index in [0.29, 0.717) is 56.1 Å². The summed E-state index contributed by atoms with van der Waals surface area (Å²) in [6, 6.07) is 20.8. The quantitative estimate of drug-likeness (QED) is 0.555. The van der Waals surface area contributed by atoms with Crippen LogP contribution in [-0.2, 0) is 27.6 Å². The molecule has 0 bridgehead atoms. The van der Waals surface area contributed by atoms with Crippen molar-refractivity contribution in [2.75, 3.05) is 37.2 Å². The van der Waals surface area contributed by atoms with Crippen LogP contribution in [0.2, 0.25) is 0 Å². The van der Waals surface area contributed by atoms with E-state index < -0.39 is 10.0 Å². The zero-order chi connectivity index (χ0) is 23.7. The third kappa shape index (κ3) is 4.10. The molecule has 1 saturated heterocycles. The molecule has 0 radical (unpaired) electrons. The Morgan fingerprint density at radius 2 is 1.62 bits per heavy atom. The number of carbonyl (C=O) groups is 1. The Morgan fingerprint density at radius 1 is 0.912 bits per heavy atom. The molecule has 0 aliphatic carbocycles. The summed E-state index contributed by atoms with van der Waals surface area (Å²) in [7, 11) is -3.62. The molecule has 1 fully saturated rings. The first kappa shape index (κ1) is 22.6. The summed E-state index contributed by atoms with van der Waals surface area (Å²) in [5.74, 6) is 0.0250. The van der Waals surface area contributed by atoms with Gasteiger partial charge in [0.05, 0.1) is 23.8 Å². The van der Waals surface area contributed by atoms with E-state index in [2.05, 4.69) is 6.07 Å². The first-order chi connectivity index (χ1) is 16.5. The lowest BCUT2D eigenvalue weighted by molar-refractivity contribution is 0.0303. The van der Waals surface area contributed by atoms with Gasteiger partial charge in [0, 0.05) is 25.2 Å². The van der Waals surface area contributed by atoms with Gasteiger partial charge < -0.3 is 9.64 Å². The number of morpholine rings is 1. The van der Waals surface area contributed by atoms with Gasteiger partial charge in [-0.2, -0.15) is 0 Å². The number of rotatable bonds is 5. The first-order valence-electron chi connectivity index (χ1n) is 11.7. The van der Waals surface area contributed by atoms with Gasteiger partial charge in [-0.25, -0.2) is 8.42 Å². The molecule has 176 valence electrons. The van der Waals surface area contributed by atoms with Crippen LogP contribution in [0.5, 0.6) is 0 Å². The molecule has 1 amide bonds. The Hall–Kier alpha value is -3.16. The van der Waals surface area contributed by atoms with Crippen molar-refractivity contribution in [3.8, 4) is 11.1 Å². The maximum Gasteiger partial charge on any atom is 0.264 e. The molecule has 6 nitrogen and oxygen atoms in total. The third-order valence-corrected chi connectivity index (χ3v) is 8.53. The number of fused-ring (bicyclic) bond motifs is 1. The zero-order valence-electron chi connectivity index (χ0n) is 19.2. The lowest BCUT2D eigenvalue weighted by atomic mass is 10.0. The summed E-state index contributed by atoms with van der Waals surface area (Å²) in [5.41, 5.74) is 5.27. The number of anilines is 1. The van der Waals surface area contributed by atoms with Gasteiger partial charge in [-0.05, 0) is 65.4 Å². The van der Waals surface area contributed by atoms with Gasteiger partial charge in [0.1, 0.15) is 0 Å². The molecular weight excluding hydrogens is 448 g/mol. The molecule has 2 heterocycles. The lowest BCUT2D eigenvalue weighted by Gasteiger charge is -2.26. The molecule has 2 aliphatic rings. The SMILES string of the molecule is CCc1ccccc1S(=O)(=O)N1CCc2cc(-c3ccc(C(=O)N4CCOCC4)cc3)ccc21. The van der Waals surface area contributed by atoms with Crippen LogP contribution in [0.4, 0.5) is 5.69 Å². The summed E-state index contributed by atoms with van der Waals surface area (Å²) in [4.78, 5) is 14.9. The van der Waals surface area contributed by atoms with Gasteiger partial charge in [-0.15, -0.1) is 0 Å². The molecule has 0 spiro atoms. The Kier molecular flexibility index (Phi) is 6.15.